The lowest BCUT2D eigenvalue weighted by Crippen LogP contribution is -2.25. The Morgan fingerprint density at radius 3 is 2.41 bits per heavy atom. The summed E-state index contributed by atoms with van der Waals surface area (Å²) in [6, 6.07) is 10.2. The zero-order valence-corrected chi connectivity index (χ0v) is 26.7. The number of nitrogens with zero attached hydrogens (tertiary/aromatic N) is 3. The van der Waals surface area contributed by atoms with Crippen LogP contribution in [0.3, 0.4) is 0 Å². The minimum absolute atomic E-state index is 0.151. The second-order valence-electron chi connectivity index (χ2n) is 11.0. The molecule has 5 rings (SSSR count). The van der Waals surface area contributed by atoms with Gasteiger partial charge in [0.25, 0.3) is 0 Å². The van der Waals surface area contributed by atoms with E-state index in [1.165, 1.54) is 43.4 Å². The first kappa shape index (κ1) is 32.1. The normalized spacial score (nSPS) is 17.0. The number of rotatable bonds is 7. The number of nitrogens with one attached hydrogen (secondary N) is 1. The van der Waals surface area contributed by atoms with E-state index in [1.807, 2.05) is 32.9 Å². The molecule has 6 nitrogen and oxygen atoms in total. The van der Waals surface area contributed by atoms with Gasteiger partial charge in [0.1, 0.15) is 30.7 Å². The summed E-state index contributed by atoms with van der Waals surface area (Å²) in [5.74, 6) is 2.16. The maximum atomic E-state index is 13.1. The third kappa shape index (κ3) is 8.31. The van der Waals surface area contributed by atoms with Crippen LogP contribution >= 0.6 is 0 Å². The average molecular weight is 560 g/mol. The van der Waals surface area contributed by atoms with Gasteiger partial charge in [-0.2, -0.15) is 0 Å². The molecule has 2 aromatic rings. The van der Waals surface area contributed by atoms with E-state index < -0.39 is 0 Å². The van der Waals surface area contributed by atoms with Crippen molar-refractivity contribution in [3.63, 3.8) is 0 Å². The Balaban J connectivity index is 0.000000586. The summed E-state index contributed by atoms with van der Waals surface area (Å²) in [7, 11) is 5.86. The fourth-order valence-corrected chi connectivity index (χ4v) is 5.54. The van der Waals surface area contributed by atoms with Gasteiger partial charge in [0.15, 0.2) is 11.5 Å². The van der Waals surface area contributed by atoms with E-state index in [0.29, 0.717) is 6.42 Å². The number of hydrogen-bond donors (Lipinski definition) is 1. The van der Waals surface area contributed by atoms with E-state index in [9.17, 15) is 4.79 Å². The van der Waals surface area contributed by atoms with E-state index in [0.717, 1.165) is 71.3 Å². The van der Waals surface area contributed by atoms with Crippen LogP contribution in [0.4, 0.5) is 11.4 Å². The number of aryl methyl sites for hydroxylation is 2. The molecule has 222 valence electrons. The number of unbranched alkanes of at least 4 members (excludes halogenated alkanes) is 1. The van der Waals surface area contributed by atoms with Crippen molar-refractivity contribution in [1.82, 2.24) is 4.98 Å². The standard InChI is InChI=1S/C28H35N4O2.C5H10.C2H6/c1-18-11-12-22-24(15-18)32(5)27(30-22)10-8-7-9-25(33)21-16-19(2)29-23(17-21)28-20(3)31(4)14-13-26(28)34-6;1-2-4-5-3-1;1-2/h10-12,15-17,30H,7-9,13-14H2,1-6H3;1-5H2;1-2H3/q+1;;/b27-10-;;. The number of pyridine rings is 1. The van der Waals surface area contributed by atoms with Crippen molar-refractivity contribution in [3.8, 4) is 0 Å². The lowest BCUT2D eigenvalue weighted by Gasteiger charge is -2.18. The van der Waals surface area contributed by atoms with E-state index in [1.54, 1.807) is 7.11 Å². The van der Waals surface area contributed by atoms with Crippen LogP contribution in [0.5, 0.6) is 0 Å². The van der Waals surface area contributed by atoms with Gasteiger partial charge in [0.2, 0.25) is 0 Å². The van der Waals surface area contributed by atoms with Gasteiger partial charge in [-0.3, -0.25) is 9.78 Å². The van der Waals surface area contributed by atoms with Crippen LogP contribution < -0.4 is 10.2 Å². The second kappa shape index (κ2) is 15.6. The zero-order chi connectivity index (χ0) is 29.9. The van der Waals surface area contributed by atoms with Crippen molar-refractivity contribution >= 4 is 28.4 Å². The van der Waals surface area contributed by atoms with Gasteiger partial charge in [-0.1, -0.05) is 52.0 Å². The highest BCUT2D eigenvalue weighted by Crippen LogP contribution is 2.36. The van der Waals surface area contributed by atoms with E-state index in [4.69, 9.17) is 9.72 Å². The molecule has 1 saturated carbocycles. The first-order chi connectivity index (χ1) is 19.8. The van der Waals surface area contributed by atoms with Gasteiger partial charge in [-0.15, -0.1) is 0 Å². The number of Topliss-reactive ketones (excluding diaryl/α,β-unsaturated/α-hetero) is 1. The molecular formula is C35H51N4O2+. The number of fused-ring (bicyclic) bond motifs is 1. The molecular weight excluding hydrogens is 508 g/mol. The van der Waals surface area contributed by atoms with Crippen LogP contribution in [-0.4, -0.2) is 48.8 Å². The molecule has 0 radical (unpaired) electrons. The summed E-state index contributed by atoms with van der Waals surface area (Å²) >= 11 is 0. The number of hydrogen-bond acceptors (Lipinski definition) is 5. The molecule has 6 heteroatoms. The summed E-state index contributed by atoms with van der Waals surface area (Å²) in [4.78, 5) is 20.0. The predicted octanol–water partition coefficient (Wildman–Crippen LogP) is 8.30. The van der Waals surface area contributed by atoms with Crippen molar-refractivity contribution in [3.05, 3.63) is 70.5 Å². The Kier molecular flexibility index (Phi) is 12.2. The molecule has 2 aliphatic heterocycles. The lowest BCUT2D eigenvalue weighted by atomic mass is 9.97. The number of aromatic nitrogens is 1. The monoisotopic (exact) mass is 559 g/mol. The highest BCUT2D eigenvalue weighted by molar-refractivity contribution is 6.20. The minimum Gasteiger partial charge on any atom is -0.500 e. The number of carbonyl (C=O) groups is 1. The second-order valence-corrected chi connectivity index (χ2v) is 11.0. The van der Waals surface area contributed by atoms with Gasteiger partial charge in [0.05, 0.1) is 30.6 Å². The van der Waals surface area contributed by atoms with Crippen LogP contribution in [0, 0.1) is 13.8 Å². The van der Waals surface area contributed by atoms with Crippen molar-refractivity contribution in [2.45, 2.75) is 92.4 Å². The first-order valence-corrected chi connectivity index (χ1v) is 15.4. The summed E-state index contributed by atoms with van der Waals surface area (Å²) in [6.07, 6.45) is 12.6. The molecule has 3 aliphatic rings. The molecule has 1 aromatic carbocycles. The SMILES string of the molecule is C1CCCC1.CC.COC1=C(c2cc(C(=O)CCC/C=C3/Nc4ccc(C)cc4N3C)cc(C)n2)C(C)=[N+](C)CC1. The van der Waals surface area contributed by atoms with Crippen LogP contribution in [0.25, 0.3) is 5.57 Å². The van der Waals surface area contributed by atoms with Gasteiger partial charge in [-0.05, 0) is 62.6 Å². The molecule has 1 aliphatic carbocycles. The molecule has 0 spiro atoms. The number of methoxy groups -OCH3 is 1. The molecule has 3 heterocycles. The Morgan fingerprint density at radius 2 is 1.76 bits per heavy atom. The number of ether oxygens (including phenoxy) is 1. The largest absolute Gasteiger partial charge is 0.500 e. The van der Waals surface area contributed by atoms with Crippen LogP contribution in [0.1, 0.15) is 106 Å². The van der Waals surface area contributed by atoms with E-state index >= 15 is 0 Å². The summed E-state index contributed by atoms with van der Waals surface area (Å²) in [5, 5.41) is 3.47. The molecule has 0 atom stereocenters. The van der Waals surface area contributed by atoms with Crippen molar-refractivity contribution in [2.75, 3.05) is 38.0 Å². The fourth-order valence-electron chi connectivity index (χ4n) is 5.54. The van der Waals surface area contributed by atoms with Gasteiger partial charge >= 0.3 is 0 Å². The topological polar surface area (TPSA) is 57.5 Å². The van der Waals surface area contributed by atoms with Gasteiger partial charge in [0, 0.05) is 31.6 Å². The van der Waals surface area contributed by atoms with Crippen LogP contribution in [-0.2, 0) is 4.74 Å². The smallest absolute Gasteiger partial charge is 0.185 e. The number of ketones is 1. The fraction of sp³-hybridized carbons (Fsp3) is 0.514. The quantitative estimate of drug-likeness (QED) is 0.210. The third-order valence-electron chi connectivity index (χ3n) is 8.00. The molecule has 0 saturated heterocycles. The number of benzene rings is 1. The molecule has 1 aromatic heterocycles. The highest BCUT2D eigenvalue weighted by atomic mass is 16.5. The summed E-state index contributed by atoms with van der Waals surface area (Å²) < 4.78 is 7.89. The van der Waals surface area contributed by atoms with Crippen LogP contribution in [0.2, 0.25) is 0 Å². The Morgan fingerprint density at radius 1 is 1.07 bits per heavy atom. The zero-order valence-electron chi connectivity index (χ0n) is 26.7. The van der Waals surface area contributed by atoms with Crippen LogP contribution in [0.15, 0.2) is 48.0 Å². The van der Waals surface area contributed by atoms with E-state index in [-0.39, 0.29) is 5.78 Å². The molecule has 1 N–H and O–H groups in total. The molecule has 0 amide bonds. The maximum absolute atomic E-state index is 13.1. The third-order valence-corrected chi connectivity index (χ3v) is 8.00. The number of carbonyl (C=O) groups excluding carboxylic acids is 1. The summed E-state index contributed by atoms with van der Waals surface area (Å²) in [6.45, 7) is 11.0. The Labute approximate surface area is 248 Å². The molecule has 1 fully saturated rings. The lowest BCUT2D eigenvalue weighted by molar-refractivity contribution is -0.497. The van der Waals surface area contributed by atoms with Gasteiger partial charge < -0.3 is 15.0 Å². The predicted molar refractivity (Wildman–Crippen MR) is 173 cm³/mol. The Hall–Kier alpha value is -3.41. The van der Waals surface area contributed by atoms with Gasteiger partial charge in [-0.25, -0.2) is 4.58 Å². The molecule has 0 bridgehead atoms. The van der Waals surface area contributed by atoms with E-state index in [2.05, 4.69) is 67.0 Å². The van der Waals surface area contributed by atoms with Crippen molar-refractivity contribution in [2.24, 2.45) is 0 Å². The number of anilines is 2. The van der Waals surface area contributed by atoms with Crippen molar-refractivity contribution in [1.29, 1.82) is 0 Å². The highest BCUT2D eigenvalue weighted by Gasteiger charge is 2.27. The number of allylic oxidation sites excluding steroid dienone is 2. The minimum atomic E-state index is 0.151. The molecule has 0 unspecified atom stereocenters. The Bertz CT molecular complexity index is 1290. The summed E-state index contributed by atoms with van der Waals surface area (Å²) in [5.41, 5.74) is 8.06. The maximum Gasteiger partial charge on any atom is 0.185 e. The average Bonchev–Trinajstić information content (AvgIpc) is 3.66. The first-order valence-electron chi connectivity index (χ1n) is 15.4. The van der Waals surface area contributed by atoms with Crippen molar-refractivity contribution < 1.29 is 14.1 Å². The molecule has 41 heavy (non-hydrogen) atoms.